The van der Waals surface area contributed by atoms with Crippen molar-refractivity contribution in [2.24, 2.45) is 11.8 Å². The molecule has 3 aliphatic heterocycles. The number of hydrogen-bond donors (Lipinski definition) is 5. The Morgan fingerprint density at radius 2 is 1.64 bits per heavy atom. The molecule has 4 aromatic heterocycles. The van der Waals surface area contributed by atoms with Crippen molar-refractivity contribution in [3.05, 3.63) is 29.3 Å². The lowest BCUT2D eigenvalue weighted by Gasteiger charge is -2.35. The van der Waals surface area contributed by atoms with Gasteiger partial charge < -0.3 is 66.4 Å². The van der Waals surface area contributed by atoms with Crippen LogP contribution in [0, 0.1) is 11.8 Å². The van der Waals surface area contributed by atoms with Crippen LogP contribution in [0.4, 0.5) is 11.8 Å². The van der Waals surface area contributed by atoms with Gasteiger partial charge in [-0.05, 0) is 0 Å². The Balaban J connectivity index is 1.23. The minimum atomic E-state index is -4.45. The molecule has 3 fully saturated rings. The molecule has 254 valence electrons. The first kappa shape index (κ1) is 32.9. The van der Waals surface area contributed by atoms with Crippen LogP contribution in [-0.2, 0) is 56.2 Å². The highest BCUT2D eigenvalue weighted by atomic mass is 32.7. The summed E-state index contributed by atoms with van der Waals surface area (Å²) in [6.45, 7) is -11.1. The number of rotatable bonds is 4. The van der Waals surface area contributed by atoms with E-state index in [1.54, 1.807) is 0 Å². The molecule has 7 N–H and O–H groups in total. The highest BCUT2D eigenvalue weighted by molar-refractivity contribution is 8.32. The summed E-state index contributed by atoms with van der Waals surface area (Å²) >= 11 is 10.5. The first-order valence-electron chi connectivity index (χ1n) is 13.9. The molecule has 10 unspecified atom stereocenters. The summed E-state index contributed by atoms with van der Waals surface area (Å²) in [5, 5.41) is 20.8. The summed E-state index contributed by atoms with van der Waals surface area (Å²) < 4.78 is 51.5. The van der Waals surface area contributed by atoms with Crippen LogP contribution in [0.2, 0.25) is 0 Å². The van der Waals surface area contributed by atoms with Crippen molar-refractivity contribution in [1.29, 1.82) is 0 Å². The Morgan fingerprint density at radius 1 is 0.957 bits per heavy atom. The van der Waals surface area contributed by atoms with E-state index >= 15 is 0 Å². The van der Waals surface area contributed by atoms with Crippen LogP contribution in [-0.4, -0.2) is 100 Å². The molecule has 3 saturated heterocycles. The van der Waals surface area contributed by atoms with E-state index < -0.39 is 94.2 Å². The molecule has 7 rings (SSSR count). The van der Waals surface area contributed by atoms with Crippen LogP contribution >= 0.6 is 13.5 Å². The third kappa shape index (κ3) is 5.98. The second-order valence-corrected chi connectivity index (χ2v) is 16.2. The highest BCUT2D eigenvalue weighted by Crippen LogP contribution is 2.55. The first-order chi connectivity index (χ1) is 22.4. The maximum Gasteiger partial charge on any atom is 0.280 e. The Bertz CT molecular complexity index is 1980. The molecule has 7 heterocycles. The largest absolute Gasteiger partial charge is 0.780 e. The number of nitrogens with two attached hydrogens (primary N) is 2. The summed E-state index contributed by atoms with van der Waals surface area (Å²) in [7, 11) is 0. The van der Waals surface area contributed by atoms with Gasteiger partial charge in [0.1, 0.15) is 43.1 Å². The van der Waals surface area contributed by atoms with Crippen molar-refractivity contribution >= 4 is 71.7 Å². The van der Waals surface area contributed by atoms with Crippen molar-refractivity contribution in [2.75, 3.05) is 37.9 Å². The quantitative estimate of drug-likeness (QED) is 0.114. The maximum absolute atomic E-state index is 13.7. The smallest absolute Gasteiger partial charge is 0.280 e. The summed E-state index contributed by atoms with van der Waals surface area (Å²) in [6, 6.07) is 0. The number of nitrogens with zero attached hydrogens (tertiary/aromatic N) is 7. The van der Waals surface area contributed by atoms with E-state index in [0.29, 0.717) is 0 Å². The van der Waals surface area contributed by atoms with E-state index in [1.165, 1.54) is 28.1 Å². The van der Waals surface area contributed by atoms with Gasteiger partial charge in [0.05, 0.1) is 51.1 Å². The third-order valence-corrected chi connectivity index (χ3v) is 11.1. The molecule has 0 radical (unpaired) electrons. The van der Waals surface area contributed by atoms with Gasteiger partial charge in [0, 0.05) is 5.92 Å². The second kappa shape index (κ2) is 12.4. The molecule has 10 atom stereocenters. The number of fused-ring (bicyclic) bond motifs is 5. The van der Waals surface area contributed by atoms with Crippen LogP contribution in [0.15, 0.2) is 23.8 Å². The molecule has 47 heavy (non-hydrogen) atoms. The SMILES string of the molecule is Nc1nc2c(ncn2C2OC3COP(=O)([S-])OC4C(COP([O-])(=S)OC2C3CO)OC(n2cnc3c(N)ncnc32)C4CO)c(=O)[nH]1. The fourth-order valence-corrected chi connectivity index (χ4v) is 8.83. The number of aliphatic hydroxyl groups excluding tert-OH is 2. The minimum absolute atomic E-state index is 0.0102. The molecule has 0 saturated carbocycles. The van der Waals surface area contributed by atoms with Crippen molar-refractivity contribution in [1.82, 2.24) is 39.0 Å². The Labute approximate surface area is 273 Å². The topological polar surface area (TPSA) is 295 Å². The fourth-order valence-electron chi connectivity index (χ4n) is 5.93. The van der Waals surface area contributed by atoms with E-state index in [4.69, 9.17) is 63.1 Å². The molecule has 25 heteroatoms. The summed E-state index contributed by atoms with van der Waals surface area (Å²) in [5.74, 6) is -2.06. The van der Waals surface area contributed by atoms with Crippen LogP contribution < -0.4 is 21.9 Å². The average Bonchev–Trinajstić information content (AvgIpc) is 3.78. The van der Waals surface area contributed by atoms with E-state index in [-0.39, 0.29) is 34.1 Å². The number of imidazole rings is 2. The molecule has 0 amide bonds. The van der Waals surface area contributed by atoms with Gasteiger partial charge in [-0.25, -0.2) is 19.9 Å². The Kier molecular flexibility index (Phi) is 8.65. The fraction of sp³-hybridized carbons (Fsp3) is 0.545. The van der Waals surface area contributed by atoms with E-state index in [9.17, 15) is 24.5 Å². The molecule has 0 aliphatic carbocycles. The molecule has 3 aliphatic rings. The Hall–Kier alpha value is -2.63. The molecular weight excluding hydrogens is 706 g/mol. The van der Waals surface area contributed by atoms with Gasteiger partial charge in [-0.3, -0.25) is 23.5 Å². The van der Waals surface area contributed by atoms with E-state index in [2.05, 4.69) is 29.9 Å². The number of anilines is 2. The van der Waals surface area contributed by atoms with Gasteiger partial charge in [0.25, 0.3) is 5.56 Å². The highest BCUT2D eigenvalue weighted by Gasteiger charge is 2.51. The Morgan fingerprint density at radius 3 is 2.38 bits per heavy atom. The van der Waals surface area contributed by atoms with Crippen molar-refractivity contribution < 1.29 is 47.2 Å². The number of aromatic amines is 1. The second-order valence-electron chi connectivity index (χ2n) is 10.8. The number of ether oxygens (including phenoxy) is 2. The lowest BCUT2D eigenvalue weighted by Crippen LogP contribution is -2.35. The summed E-state index contributed by atoms with van der Waals surface area (Å²) in [4.78, 5) is 49.0. The van der Waals surface area contributed by atoms with Crippen LogP contribution in [0.25, 0.3) is 22.3 Å². The minimum Gasteiger partial charge on any atom is -0.780 e. The lowest BCUT2D eigenvalue weighted by molar-refractivity contribution is -0.218. The van der Waals surface area contributed by atoms with Gasteiger partial charge in [-0.15, -0.1) is 0 Å². The molecule has 21 nitrogen and oxygen atoms in total. The van der Waals surface area contributed by atoms with Crippen LogP contribution in [0.1, 0.15) is 12.5 Å². The van der Waals surface area contributed by atoms with Crippen molar-refractivity contribution in [3.63, 3.8) is 0 Å². The van der Waals surface area contributed by atoms with Gasteiger partial charge in [0.2, 0.25) is 5.95 Å². The maximum atomic E-state index is 13.7. The van der Waals surface area contributed by atoms with Gasteiger partial charge in [0.15, 0.2) is 35.7 Å². The number of aliphatic hydroxyl groups is 2. The normalized spacial score (nSPS) is 36.6. The van der Waals surface area contributed by atoms with Gasteiger partial charge in [-0.1, -0.05) is 11.8 Å². The average molecular weight is 733 g/mol. The third-order valence-electron chi connectivity index (χ3n) is 8.07. The van der Waals surface area contributed by atoms with E-state index in [1.807, 2.05) is 0 Å². The summed E-state index contributed by atoms with van der Waals surface area (Å²) in [5.41, 5.74) is 11.5. The number of hydrogen-bond acceptors (Lipinski definition) is 20. The van der Waals surface area contributed by atoms with Crippen LogP contribution in [0.3, 0.4) is 0 Å². The van der Waals surface area contributed by atoms with Gasteiger partial charge in [-0.2, -0.15) is 4.98 Å². The number of nitrogens with one attached hydrogen (secondary N) is 1. The summed E-state index contributed by atoms with van der Waals surface area (Å²) in [6.07, 6.45) is -3.30. The zero-order chi connectivity index (χ0) is 33.2. The van der Waals surface area contributed by atoms with Crippen LogP contribution in [0.5, 0.6) is 0 Å². The zero-order valence-electron chi connectivity index (χ0n) is 23.7. The molecule has 4 aromatic rings. The van der Waals surface area contributed by atoms with E-state index in [0.717, 1.165) is 0 Å². The molecule has 0 spiro atoms. The molecule has 0 aromatic carbocycles. The lowest BCUT2D eigenvalue weighted by atomic mass is 9.99. The zero-order valence-corrected chi connectivity index (χ0v) is 27.2. The number of H-pyrrole nitrogens is 1. The predicted octanol–water partition coefficient (Wildman–Crippen LogP) is -1.81. The van der Waals surface area contributed by atoms with Crippen molar-refractivity contribution in [2.45, 2.75) is 36.9 Å². The molecule has 2 bridgehead atoms. The number of nitrogen functional groups attached to an aromatic ring is 2. The van der Waals surface area contributed by atoms with Gasteiger partial charge >= 0.3 is 0 Å². The number of aromatic nitrogens is 8. The first-order valence-corrected chi connectivity index (χ1v) is 19.0. The monoisotopic (exact) mass is 732 g/mol. The standard InChI is InChI=1S/C22H28N10O11P2S2/c23-16-12-17(26-5-25-16)31(6-27-12)20-9(2-34)14-11(41-20)4-39-45(37,47)43-15-8(1-33)10(3-38-44(36,46)42-14)40-21(15)32-7-28-13-18(32)29-22(24)30-19(13)35/h5-11,14-15,20-21,33-34H,1-4H2,(H,36,46)(H,37,47)(H2,23,25,26)(H3,24,29,30,35)/p-2. The van der Waals surface area contributed by atoms with Crippen molar-refractivity contribution in [3.8, 4) is 0 Å². The predicted molar refractivity (Wildman–Crippen MR) is 162 cm³/mol. The molecular formula is C22H26N10O11P2S2-2.